The van der Waals surface area contributed by atoms with Gasteiger partial charge in [0.1, 0.15) is 5.82 Å². The third-order valence-electron chi connectivity index (χ3n) is 4.26. The van der Waals surface area contributed by atoms with Crippen LogP contribution in [0.2, 0.25) is 5.02 Å². The molecule has 1 aromatic heterocycles. The molecule has 5 heteroatoms. The zero-order valence-corrected chi connectivity index (χ0v) is 14.2. The molecule has 1 aliphatic rings. The molecule has 0 spiro atoms. The number of anilines is 3. The number of para-hydroxylation sites is 1. The molecule has 1 amide bonds. The molecule has 4 nitrogen and oxygen atoms in total. The van der Waals surface area contributed by atoms with Crippen molar-refractivity contribution in [2.45, 2.75) is 6.42 Å². The molecular weight excluding hydrogens is 334 g/mol. The van der Waals surface area contributed by atoms with E-state index in [1.54, 1.807) is 23.2 Å². The fourth-order valence-electron chi connectivity index (χ4n) is 3.06. The van der Waals surface area contributed by atoms with E-state index < -0.39 is 0 Å². The zero-order valence-electron chi connectivity index (χ0n) is 13.4. The first-order chi connectivity index (χ1) is 12.2. The van der Waals surface area contributed by atoms with Gasteiger partial charge >= 0.3 is 0 Å². The molecule has 2 heterocycles. The minimum atomic E-state index is -0.0624. The number of fused-ring (bicyclic) bond motifs is 1. The Kier molecular flexibility index (Phi) is 4.12. The van der Waals surface area contributed by atoms with Gasteiger partial charge in [-0.2, -0.15) is 0 Å². The number of halogens is 1. The number of nitrogens with one attached hydrogen (secondary N) is 1. The lowest BCUT2D eigenvalue weighted by Crippen LogP contribution is -2.29. The molecule has 1 aliphatic heterocycles. The van der Waals surface area contributed by atoms with Crippen LogP contribution < -0.4 is 10.2 Å². The van der Waals surface area contributed by atoms with Crippen molar-refractivity contribution in [1.82, 2.24) is 4.98 Å². The second-order valence-electron chi connectivity index (χ2n) is 5.87. The van der Waals surface area contributed by atoms with E-state index in [4.69, 9.17) is 11.6 Å². The van der Waals surface area contributed by atoms with Gasteiger partial charge in [0.2, 0.25) is 0 Å². The highest BCUT2D eigenvalue weighted by Crippen LogP contribution is 2.32. The quantitative estimate of drug-likeness (QED) is 0.746. The summed E-state index contributed by atoms with van der Waals surface area (Å²) in [6.07, 6.45) is 2.49. The molecule has 4 rings (SSSR count). The van der Waals surface area contributed by atoms with Crippen LogP contribution in [0.25, 0.3) is 0 Å². The number of benzene rings is 2. The van der Waals surface area contributed by atoms with Gasteiger partial charge in [-0.25, -0.2) is 4.98 Å². The van der Waals surface area contributed by atoms with Crippen molar-refractivity contribution in [2.75, 3.05) is 16.8 Å². The van der Waals surface area contributed by atoms with E-state index in [2.05, 4.69) is 10.3 Å². The second kappa shape index (κ2) is 6.57. The van der Waals surface area contributed by atoms with Crippen molar-refractivity contribution in [1.29, 1.82) is 0 Å². The zero-order chi connectivity index (χ0) is 17.2. The average molecular weight is 350 g/mol. The van der Waals surface area contributed by atoms with Crippen molar-refractivity contribution in [2.24, 2.45) is 0 Å². The van der Waals surface area contributed by atoms with Gasteiger partial charge in [-0.05, 0) is 54.4 Å². The van der Waals surface area contributed by atoms with E-state index in [0.29, 0.717) is 22.9 Å². The smallest absolute Gasteiger partial charge is 0.262 e. The third-order valence-corrected chi connectivity index (χ3v) is 4.49. The lowest BCUT2D eigenvalue weighted by molar-refractivity contribution is 0.0990. The molecule has 124 valence electrons. The maximum atomic E-state index is 13.1. The highest BCUT2D eigenvalue weighted by atomic mass is 35.5. The number of pyridine rings is 1. The van der Waals surface area contributed by atoms with Gasteiger partial charge < -0.3 is 10.2 Å². The van der Waals surface area contributed by atoms with Crippen molar-refractivity contribution in [3.8, 4) is 0 Å². The number of amides is 1. The van der Waals surface area contributed by atoms with Gasteiger partial charge in [0.05, 0.1) is 5.56 Å². The fraction of sp³-hybridized carbons (Fsp3) is 0.100. The monoisotopic (exact) mass is 349 g/mol. The van der Waals surface area contributed by atoms with E-state index in [1.165, 1.54) is 0 Å². The van der Waals surface area contributed by atoms with Crippen LogP contribution in [0.3, 0.4) is 0 Å². The van der Waals surface area contributed by atoms with Gasteiger partial charge in [0.15, 0.2) is 0 Å². The lowest BCUT2D eigenvalue weighted by Gasteiger charge is -2.19. The molecule has 0 saturated heterocycles. The summed E-state index contributed by atoms with van der Waals surface area (Å²) in [7, 11) is 0. The Bertz CT molecular complexity index is 927. The second-order valence-corrected chi connectivity index (χ2v) is 6.31. The number of carbonyl (C=O) groups is 1. The maximum Gasteiger partial charge on any atom is 0.262 e. The predicted molar refractivity (Wildman–Crippen MR) is 101 cm³/mol. The topological polar surface area (TPSA) is 45.2 Å². The molecule has 2 aromatic carbocycles. The summed E-state index contributed by atoms with van der Waals surface area (Å²) >= 11 is 6.06. The highest BCUT2D eigenvalue weighted by Gasteiger charge is 2.27. The van der Waals surface area contributed by atoms with Gasteiger partial charge in [-0.1, -0.05) is 29.8 Å². The normalized spacial score (nSPS) is 12.8. The predicted octanol–water partition coefficient (Wildman–Crippen LogP) is 4.68. The number of hydrogen-bond acceptors (Lipinski definition) is 3. The molecule has 0 radical (unpaired) electrons. The Balaban J connectivity index is 1.66. The van der Waals surface area contributed by atoms with Crippen molar-refractivity contribution in [3.05, 3.63) is 83.0 Å². The Morgan fingerprint density at radius 2 is 1.92 bits per heavy atom. The minimum absolute atomic E-state index is 0.0624. The maximum absolute atomic E-state index is 13.1. The van der Waals surface area contributed by atoms with Gasteiger partial charge in [0, 0.05) is 29.1 Å². The van der Waals surface area contributed by atoms with Crippen LogP contribution in [0, 0.1) is 0 Å². The number of nitrogens with zero attached hydrogens (tertiary/aromatic N) is 2. The Hall–Kier alpha value is -2.85. The SMILES string of the molecule is O=C(c1cccnc1Nc1ccccc1)N1CCc2cc(Cl)ccc21. The summed E-state index contributed by atoms with van der Waals surface area (Å²) in [6.45, 7) is 0.647. The van der Waals surface area contributed by atoms with Gasteiger partial charge in [0.25, 0.3) is 5.91 Å². The first kappa shape index (κ1) is 15.7. The van der Waals surface area contributed by atoms with Crippen LogP contribution in [0.1, 0.15) is 15.9 Å². The van der Waals surface area contributed by atoms with E-state index >= 15 is 0 Å². The van der Waals surface area contributed by atoms with Crippen molar-refractivity contribution in [3.63, 3.8) is 0 Å². The standard InChI is InChI=1S/C20H16ClN3O/c21-15-8-9-18-14(13-15)10-12-24(18)20(25)17-7-4-11-22-19(17)23-16-5-2-1-3-6-16/h1-9,11,13H,10,12H2,(H,22,23). The van der Waals surface area contributed by atoms with Crippen LogP contribution in [0.15, 0.2) is 66.9 Å². The van der Waals surface area contributed by atoms with Crippen LogP contribution in [-0.2, 0) is 6.42 Å². The molecule has 0 unspecified atom stereocenters. The summed E-state index contributed by atoms with van der Waals surface area (Å²) in [6, 6.07) is 18.9. The summed E-state index contributed by atoms with van der Waals surface area (Å²) in [5.74, 6) is 0.494. The van der Waals surface area contributed by atoms with E-state index in [0.717, 1.165) is 23.4 Å². The van der Waals surface area contributed by atoms with Crippen molar-refractivity contribution >= 4 is 34.7 Å². The minimum Gasteiger partial charge on any atom is -0.340 e. The summed E-state index contributed by atoms with van der Waals surface area (Å²) in [5, 5.41) is 3.93. The highest BCUT2D eigenvalue weighted by molar-refractivity contribution is 6.30. The van der Waals surface area contributed by atoms with Crippen LogP contribution >= 0.6 is 11.6 Å². The lowest BCUT2D eigenvalue weighted by atomic mass is 10.1. The molecule has 3 aromatic rings. The largest absolute Gasteiger partial charge is 0.340 e. The van der Waals surface area contributed by atoms with E-state index in [9.17, 15) is 4.79 Å². The molecule has 0 fully saturated rings. The van der Waals surface area contributed by atoms with E-state index in [-0.39, 0.29) is 5.91 Å². The van der Waals surface area contributed by atoms with E-state index in [1.807, 2.05) is 48.5 Å². The first-order valence-corrected chi connectivity index (χ1v) is 8.47. The molecule has 25 heavy (non-hydrogen) atoms. The first-order valence-electron chi connectivity index (χ1n) is 8.10. The van der Waals surface area contributed by atoms with Crippen LogP contribution in [0.5, 0.6) is 0 Å². The van der Waals surface area contributed by atoms with Crippen molar-refractivity contribution < 1.29 is 4.79 Å². The molecule has 0 bridgehead atoms. The number of aromatic nitrogens is 1. The fourth-order valence-corrected chi connectivity index (χ4v) is 3.26. The third kappa shape index (κ3) is 3.08. The average Bonchev–Trinajstić information content (AvgIpc) is 3.05. The number of rotatable bonds is 3. The molecule has 1 N–H and O–H groups in total. The Labute approximate surface area is 151 Å². The Morgan fingerprint density at radius 1 is 1.08 bits per heavy atom. The molecule has 0 aliphatic carbocycles. The van der Waals surface area contributed by atoms with Gasteiger partial charge in [-0.3, -0.25) is 4.79 Å². The van der Waals surface area contributed by atoms with Gasteiger partial charge in [-0.15, -0.1) is 0 Å². The van der Waals surface area contributed by atoms with Crippen LogP contribution in [-0.4, -0.2) is 17.4 Å². The molecule has 0 saturated carbocycles. The molecular formula is C20H16ClN3O. The summed E-state index contributed by atoms with van der Waals surface area (Å²) < 4.78 is 0. The van der Waals surface area contributed by atoms with Crippen LogP contribution in [0.4, 0.5) is 17.2 Å². The summed E-state index contributed by atoms with van der Waals surface area (Å²) in [4.78, 5) is 19.3. The molecule has 0 atom stereocenters. The Morgan fingerprint density at radius 3 is 2.76 bits per heavy atom. The number of hydrogen-bond donors (Lipinski definition) is 1. The number of carbonyl (C=O) groups excluding carboxylic acids is 1. The summed E-state index contributed by atoms with van der Waals surface area (Å²) in [5.41, 5.74) is 3.46.